The first-order valence-electron chi connectivity index (χ1n) is 10.2. The Balaban J connectivity index is 1.79. The number of Topliss-reactive ketones (excluding diaryl/α,β-unsaturated/α-hetero) is 1. The molecule has 5 rings (SSSR count). The Labute approximate surface area is 176 Å². The van der Waals surface area contributed by atoms with Gasteiger partial charge in [-0.25, -0.2) is 0 Å². The van der Waals surface area contributed by atoms with E-state index in [-0.39, 0.29) is 11.7 Å². The maximum atomic E-state index is 13.9. The second-order valence-electron chi connectivity index (χ2n) is 8.09. The first-order chi connectivity index (χ1) is 14.5. The lowest BCUT2D eigenvalue weighted by Crippen LogP contribution is -2.14. The number of benzene rings is 3. The number of hydrogen-bond donors (Lipinski definition) is 0. The van der Waals surface area contributed by atoms with Gasteiger partial charge in [0, 0.05) is 53.9 Å². The molecule has 0 N–H and O–H groups in total. The van der Waals surface area contributed by atoms with Crippen molar-refractivity contribution in [3.05, 3.63) is 107 Å². The van der Waals surface area contributed by atoms with E-state index in [0.29, 0.717) is 0 Å². The summed E-state index contributed by atoms with van der Waals surface area (Å²) in [4.78, 5) is 13.9. The number of para-hydroxylation sites is 2. The molecule has 3 nitrogen and oxygen atoms in total. The number of carbonyl (C=O) groups is 1. The molecule has 0 aliphatic rings. The number of aromatic nitrogens is 2. The average molecular weight is 393 g/mol. The number of aryl methyl sites for hydroxylation is 3. The average Bonchev–Trinajstić information content (AvgIpc) is 3.27. The van der Waals surface area contributed by atoms with Crippen LogP contribution in [-0.4, -0.2) is 14.9 Å². The maximum Gasteiger partial charge on any atom is 0.174 e. The van der Waals surface area contributed by atoms with Crippen LogP contribution in [-0.2, 0) is 14.1 Å². The molecule has 148 valence electrons. The van der Waals surface area contributed by atoms with E-state index in [9.17, 15) is 4.79 Å². The van der Waals surface area contributed by atoms with Crippen molar-refractivity contribution in [2.75, 3.05) is 0 Å². The standard InChI is InChI=1S/C27H24N2O/c1-18-12-14-19(15-13-18)27(30)26(22-16-28(2)24-10-6-4-8-20(22)24)23-17-29(3)25-11-7-5-9-21(23)25/h4-17,26H,1-3H3. The minimum Gasteiger partial charge on any atom is -0.350 e. The molecule has 2 aromatic heterocycles. The Bertz CT molecular complexity index is 1310. The third-order valence-corrected chi connectivity index (χ3v) is 6.08. The van der Waals surface area contributed by atoms with Gasteiger partial charge in [0.1, 0.15) is 0 Å². The summed E-state index contributed by atoms with van der Waals surface area (Å²) in [5.74, 6) is -0.243. The molecule has 0 radical (unpaired) electrons. The van der Waals surface area contributed by atoms with Gasteiger partial charge in [-0.05, 0) is 30.2 Å². The number of hydrogen-bond acceptors (Lipinski definition) is 1. The fourth-order valence-corrected chi connectivity index (χ4v) is 4.54. The summed E-state index contributed by atoms with van der Waals surface area (Å²) in [6.07, 6.45) is 4.23. The summed E-state index contributed by atoms with van der Waals surface area (Å²) in [6, 6.07) is 24.5. The molecule has 0 bridgehead atoms. The number of rotatable bonds is 4. The van der Waals surface area contributed by atoms with Gasteiger partial charge in [0.2, 0.25) is 0 Å². The van der Waals surface area contributed by atoms with Crippen LogP contribution in [0.5, 0.6) is 0 Å². The second kappa shape index (κ2) is 7.03. The Kier molecular flexibility index (Phi) is 4.32. The van der Waals surface area contributed by atoms with Gasteiger partial charge in [-0.1, -0.05) is 66.2 Å². The molecule has 30 heavy (non-hydrogen) atoms. The number of nitrogens with zero attached hydrogens (tertiary/aromatic N) is 2. The molecule has 0 atom stereocenters. The van der Waals surface area contributed by atoms with Gasteiger partial charge >= 0.3 is 0 Å². The predicted molar refractivity (Wildman–Crippen MR) is 123 cm³/mol. The van der Waals surface area contributed by atoms with Crippen LogP contribution in [0.3, 0.4) is 0 Å². The van der Waals surface area contributed by atoms with Crippen LogP contribution in [0, 0.1) is 6.92 Å². The molecule has 5 aromatic rings. The van der Waals surface area contributed by atoms with Crippen molar-refractivity contribution < 1.29 is 4.79 Å². The number of ketones is 1. The van der Waals surface area contributed by atoms with E-state index in [2.05, 4.69) is 45.8 Å². The van der Waals surface area contributed by atoms with Gasteiger partial charge in [-0.15, -0.1) is 0 Å². The highest BCUT2D eigenvalue weighted by Crippen LogP contribution is 2.38. The molecule has 0 unspecified atom stereocenters. The Morgan fingerprint density at radius 1 is 0.700 bits per heavy atom. The Morgan fingerprint density at radius 2 is 1.17 bits per heavy atom. The van der Waals surface area contributed by atoms with Crippen molar-refractivity contribution in [2.45, 2.75) is 12.8 Å². The molecule has 0 aliphatic carbocycles. The van der Waals surface area contributed by atoms with Crippen molar-refractivity contribution in [1.29, 1.82) is 0 Å². The predicted octanol–water partition coefficient (Wildman–Crippen LogP) is 5.99. The van der Waals surface area contributed by atoms with E-state index in [1.165, 1.54) is 0 Å². The van der Waals surface area contributed by atoms with E-state index >= 15 is 0 Å². The minimum atomic E-state index is -0.370. The van der Waals surface area contributed by atoms with Crippen LogP contribution in [0.1, 0.15) is 33.0 Å². The van der Waals surface area contributed by atoms with Crippen LogP contribution < -0.4 is 0 Å². The van der Waals surface area contributed by atoms with E-state index in [0.717, 1.165) is 44.1 Å². The van der Waals surface area contributed by atoms with Crippen molar-refractivity contribution in [3.8, 4) is 0 Å². The molecular formula is C27H24N2O. The first-order valence-corrected chi connectivity index (χ1v) is 10.2. The van der Waals surface area contributed by atoms with Gasteiger partial charge in [-0.2, -0.15) is 0 Å². The van der Waals surface area contributed by atoms with Crippen molar-refractivity contribution in [2.24, 2.45) is 14.1 Å². The highest BCUT2D eigenvalue weighted by molar-refractivity contribution is 6.07. The second-order valence-corrected chi connectivity index (χ2v) is 8.09. The topological polar surface area (TPSA) is 26.9 Å². The van der Waals surface area contributed by atoms with E-state index in [1.54, 1.807) is 0 Å². The van der Waals surface area contributed by atoms with Gasteiger partial charge in [0.15, 0.2) is 5.78 Å². The molecule has 3 aromatic carbocycles. The summed E-state index contributed by atoms with van der Waals surface area (Å²) in [5, 5.41) is 2.25. The van der Waals surface area contributed by atoms with Gasteiger partial charge in [0.25, 0.3) is 0 Å². The van der Waals surface area contributed by atoms with Gasteiger partial charge in [0.05, 0.1) is 5.92 Å². The van der Waals surface area contributed by atoms with E-state index < -0.39 is 0 Å². The molecular weight excluding hydrogens is 368 g/mol. The Morgan fingerprint density at radius 3 is 1.67 bits per heavy atom. The van der Waals surface area contributed by atoms with E-state index in [4.69, 9.17) is 0 Å². The SMILES string of the molecule is Cc1ccc(C(=O)C(c2cn(C)c3ccccc23)c2cn(C)c3ccccc23)cc1. The van der Waals surface area contributed by atoms with Gasteiger partial charge < -0.3 is 9.13 Å². The third kappa shape index (κ3) is 2.86. The molecule has 0 saturated heterocycles. The zero-order valence-corrected chi connectivity index (χ0v) is 17.5. The van der Waals surface area contributed by atoms with Crippen LogP contribution >= 0.6 is 0 Å². The number of carbonyl (C=O) groups excluding carboxylic acids is 1. The van der Waals surface area contributed by atoms with Crippen LogP contribution in [0.4, 0.5) is 0 Å². The molecule has 0 fully saturated rings. The smallest absolute Gasteiger partial charge is 0.174 e. The summed E-state index contributed by atoms with van der Waals surface area (Å²) in [5.41, 5.74) is 6.26. The van der Waals surface area contributed by atoms with Gasteiger partial charge in [-0.3, -0.25) is 4.79 Å². The fraction of sp³-hybridized carbons (Fsp3) is 0.148. The molecule has 0 saturated carbocycles. The molecule has 0 spiro atoms. The maximum absolute atomic E-state index is 13.9. The van der Waals surface area contributed by atoms with Crippen LogP contribution in [0.15, 0.2) is 85.2 Å². The fourth-order valence-electron chi connectivity index (χ4n) is 4.54. The van der Waals surface area contributed by atoms with Crippen molar-refractivity contribution in [1.82, 2.24) is 9.13 Å². The zero-order valence-electron chi connectivity index (χ0n) is 17.5. The first kappa shape index (κ1) is 18.4. The summed E-state index contributed by atoms with van der Waals surface area (Å²) < 4.78 is 4.23. The van der Waals surface area contributed by atoms with Crippen molar-refractivity contribution in [3.63, 3.8) is 0 Å². The summed E-state index contributed by atoms with van der Waals surface area (Å²) >= 11 is 0. The molecule has 3 heteroatoms. The lowest BCUT2D eigenvalue weighted by Gasteiger charge is -2.16. The lowest BCUT2D eigenvalue weighted by atomic mass is 9.84. The van der Waals surface area contributed by atoms with Crippen LogP contribution in [0.25, 0.3) is 21.8 Å². The van der Waals surface area contributed by atoms with Crippen molar-refractivity contribution >= 4 is 27.6 Å². The lowest BCUT2D eigenvalue weighted by molar-refractivity contribution is 0.0974. The normalized spacial score (nSPS) is 11.6. The summed E-state index contributed by atoms with van der Waals surface area (Å²) in [7, 11) is 4.09. The minimum absolute atomic E-state index is 0.128. The molecule has 0 aliphatic heterocycles. The zero-order chi connectivity index (χ0) is 20.8. The van der Waals surface area contributed by atoms with Crippen LogP contribution in [0.2, 0.25) is 0 Å². The summed E-state index contributed by atoms with van der Waals surface area (Å²) in [6.45, 7) is 2.04. The third-order valence-electron chi connectivity index (χ3n) is 6.08. The molecule has 0 amide bonds. The monoisotopic (exact) mass is 392 g/mol. The highest BCUT2D eigenvalue weighted by Gasteiger charge is 2.29. The molecule has 2 heterocycles. The largest absolute Gasteiger partial charge is 0.350 e. The quantitative estimate of drug-likeness (QED) is 0.345. The highest BCUT2D eigenvalue weighted by atomic mass is 16.1. The Hall–Kier alpha value is -3.59. The van der Waals surface area contributed by atoms with E-state index in [1.807, 2.05) is 69.6 Å². The number of fused-ring (bicyclic) bond motifs is 2.